The molecule has 0 saturated heterocycles. The maximum atomic E-state index is 10.8. The lowest BCUT2D eigenvalue weighted by atomic mass is 9.55. The van der Waals surface area contributed by atoms with Crippen LogP contribution in [0, 0.1) is 0 Å². The molecule has 3 nitrogen and oxygen atoms in total. The van der Waals surface area contributed by atoms with Crippen molar-refractivity contribution in [3.05, 3.63) is 48.5 Å². The highest BCUT2D eigenvalue weighted by atomic mass is 16.5. The van der Waals surface area contributed by atoms with Gasteiger partial charge in [0.05, 0.1) is 12.2 Å². The van der Waals surface area contributed by atoms with Gasteiger partial charge in [0, 0.05) is 0 Å². The molecule has 0 aromatic heterocycles. The van der Waals surface area contributed by atoms with Crippen LogP contribution in [0.1, 0.15) is 27.7 Å². The summed E-state index contributed by atoms with van der Waals surface area (Å²) in [4.78, 5) is 0. The Hall–Kier alpha value is -1.94. The van der Waals surface area contributed by atoms with Gasteiger partial charge >= 0.3 is 6.92 Å². The SMILES string of the molecule is CC(C)Oc1ccccc1B(O)c1ccccc1OC(C)C. The fourth-order valence-corrected chi connectivity index (χ4v) is 2.30. The average molecular weight is 298 g/mol. The minimum Gasteiger partial charge on any atom is -0.491 e. The molecule has 2 aromatic carbocycles. The molecule has 0 fully saturated rings. The van der Waals surface area contributed by atoms with Crippen LogP contribution >= 0.6 is 0 Å². The summed E-state index contributed by atoms with van der Waals surface area (Å²) in [6.45, 7) is 7.10. The molecule has 116 valence electrons. The predicted molar refractivity (Wildman–Crippen MR) is 91.7 cm³/mol. The van der Waals surface area contributed by atoms with Crippen molar-refractivity contribution in [2.75, 3.05) is 0 Å². The lowest BCUT2D eigenvalue weighted by molar-refractivity contribution is 0.243. The van der Waals surface area contributed by atoms with Crippen LogP contribution in [0.25, 0.3) is 0 Å². The van der Waals surface area contributed by atoms with E-state index in [1.807, 2.05) is 76.2 Å². The van der Waals surface area contributed by atoms with Crippen LogP contribution in [-0.2, 0) is 0 Å². The molecule has 2 rings (SSSR count). The van der Waals surface area contributed by atoms with Crippen LogP contribution in [0.4, 0.5) is 0 Å². The normalized spacial score (nSPS) is 10.9. The van der Waals surface area contributed by atoms with Crippen LogP contribution in [0.3, 0.4) is 0 Å². The van der Waals surface area contributed by atoms with Crippen molar-refractivity contribution in [2.24, 2.45) is 0 Å². The fraction of sp³-hybridized carbons (Fsp3) is 0.333. The van der Waals surface area contributed by atoms with Gasteiger partial charge in [-0.1, -0.05) is 36.4 Å². The standard InChI is InChI=1S/C18H23BO3/c1-13(2)21-17-11-7-5-9-15(17)19(20)16-10-6-8-12-18(16)22-14(3)4/h5-14,20H,1-4H3. The number of benzene rings is 2. The molecule has 0 saturated carbocycles. The molecule has 1 N–H and O–H groups in total. The maximum Gasteiger partial charge on any atom is 0.366 e. The van der Waals surface area contributed by atoms with Crippen molar-refractivity contribution in [2.45, 2.75) is 39.9 Å². The third-order valence-electron chi connectivity index (χ3n) is 3.15. The van der Waals surface area contributed by atoms with Gasteiger partial charge < -0.3 is 14.5 Å². The molecule has 22 heavy (non-hydrogen) atoms. The van der Waals surface area contributed by atoms with Crippen LogP contribution in [0.5, 0.6) is 11.5 Å². The molecule has 0 heterocycles. The lowest BCUT2D eigenvalue weighted by Crippen LogP contribution is -2.44. The quantitative estimate of drug-likeness (QED) is 0.832. The van der Waals surface area contributed by atoms with Gasteiger partial charge in [0.25, 0.3) is 0 Å². The Bertz CT molecular complexity index is 557. The largest absolute Gasteiger partial charge is 0.491 e. The average Bonchev–Trinajstić information content (AvgIpc) is 2.46. The topological polar surface area (TPSA) is 38.7 Å². The third kappa shape index (κ3) is 4.04. The van der Waals surface area contributed by atoms with Crippen molar-refractivity contribution in [3.63, 3.8) is 0 Å². The molecule has 0 spiro atoms. The smallest absolute Gasteiger partial charge is 0.366 e. The third-order valence-corrected chi connectivity index (χ3v) is 3.15. The highest BCUT2D eigenvalue weighted by molar-refractivity contribution is 6.80. The number of para-hydroxylation sites is 2. The second-order valence-electron chi connectivity index (χ2n) is 5.81. The summed E-state index contributed by atoms with van der Waals surface area (Å²) in [5.41, 5.74) is 1.49. The van der Waals surface area contributed by atoms with E-state index >= 15 is 0 Å². The molecule has 0 unspecified atom stereocenters. The molecule has 0 aliphatic heterocycles. The molecular formula is C18H23BO3. The Kier molecular flexibility index (Phi) is 5.50. The zero-order chi connectivity index (χ0) is 16.1. The monoisotopic (exact) mass is 298 g/mol. The van der Waals surface area contributed by atoms with Gasteiger partial charge in [0.15, 0.2) is 0 Å². The van der Waals surface area contributed by atoms with Gasteiger partial charge in [-0.15, -0.1) is 0 Å². The molecule has 0 amide bonds. The van der Waals surface area contributed by atoms with E-state index in [0.29, 0.717) is 11.5 Å². The van der Waals surface area contributed by atoms with E-state index < -0.39 is 6.92 Å². The molecule has 2 aromatic rings. The van der Waals surface area contributed by atoms with Crippen LogP contribution < -0.4 is 20.4 Å². The summed E-state index contributed by atoms with van der Waals surface area (Å²) >= 11 is 0. The molecule has 0 bridgehead atoms. The van der Waals surface area contributed by atoms with E-state index in [9.17, 15) is 5.02 Å². The molecular weight excluding hydrogens is 275 g/mol. The Balaban J connectivity index is 2.38. The first kappa shape index (κ1) is 16.4. The number of hydrogen-bond acceptors (Lipinski definition) is 3. The zero-order valence-corrected chi connectivity index (χ0v) is 13.6. The van der Waals surface area contributed by atoms with E-state index in [-0.39, 0.29) is 12.2 Å². The number of hydrogen-bond donors (Lipinski definition) is 1. The van der Waals surface area contributed by atoms with Crippen LogP contribution in [-0.4, -0.2) is 24.1 Å². The van der Waals surface area contributed by atoms with Gasteiger partial charge in [-0.2, -0.15) is 0 Å². The van der Waals surface area contributed by atoms with Crippen LogP contribution in [0.15, 0.2) is 48.5 Å². The van der Waals surface area contributed by atoms with Crippen LogP contribution in [0.2, 0.25) is 0 Å². The van der Waals surface area contributed by atoms with Crippen molar-refractivity contribution in [1.82, 2.24) is 0 Å². The van der Waals surface area contributed by atoms with Crippen molar-refractivity contribution in [3.8, 4) is 11.5 Å². The maximum absolute atomic E-state index is 10.8. The molecule has 0 aliphatic rings. The summed E-state index contributed by atoms with van der Waals surface area (Å²) in [5.74, 6) is 1.40. The minimum atomic E-state index is -0.787. The highest BCUT2D eigenvalue weighted by Crippen LogP contribution is 2.14. The van der Waals surface area contributed by atoms with Gasteiger partial charge in [0.1, 0.15) is 11.5 Å². The first-order valence-corrected chi connectivity index (χ1v) is 7.68. The highest BCUT2D eigenvalue weighted by Gasteiger charge is 2.25. The minimum absolute atomic E-state index is 0.0514. The Morgan fingerprint density at radius 2 is 1.09 bits per heavy atom. The zero-order valence-electron chi connectivity index (χ0n) is 13.6. The van der Waals surface area contributed by atoms with Gasteiger partial charge in [-0.25, -0.2) is 0 Å². The lowest BCUT2D eigenvalue weighted by Gasteiger charge is -2.19. The summed E-state index contributed by atoms with van der Waals surface area (Å²) in [7, 11) is 0. The summed E-state index contributed by atoms with van der Waals surface area (Å²) in [5, 5.41) is 10.8. The van der Waals surface area contributed by atoms with Gasteiger partial charge in [0.2, 0.25) is 0 Å². The van der Waals surface area contributed by atoms with E-state index in [4.69, 9.17) is 9.47 Å². The van der Waals surface area contributed by atoms with Crippen molar-refractivity contribution in [1.29, 1.82) is 0 Å². The van der Waals surface area contributed by atoms with E-state index in [2.05, 4.69) is 0 Å². The molecule has 0 atom stereocenters. The fourth-order valence-electron chi connectivity index (χ4n) is 2.30. The Labute approximate surface area is 133 Å². The second-order valence-corrected chi connectivity index (χ2v) is 5.81. The van der Waals surface area contributed by atoms with E-state index in [1.165, 1.54) is 0 Å². The molecule has 0 aliphatic carbocycles. The first-order valence-electron chi connectivity index (χ1n) is 7.68. The summed E-state index contributed by atoms with van der Waals surface area (Å²) in [6.07, 6.45) is 0.103. The molecule has 4 heteroatoms. The second kappa shape index (κ2) is 7.36. The summed E-state index contributed by atoms with van der Waals surface area (Å²) < 4.78 is 11.6. The predicted octanol–water partition coefficient (Wildman–Crippen LogP) is 2.36. The van der Waals surface area contributed by atoms with E-state index in [0.717, 1.165) is 10.9 Å². The van der Waals surface area contributed by atoms with Gasteiger partial charge in [-0.3, -0.25) is 0 Å². The summed E-state index contributed by atoms with van der Waals surface area (Å²) in [6, 6.07) is 15.1. The number of rotatable bonds is 6. The molecule has 0 radical (unpaired) electrons. The van der Waals surface area contributed by atoms with Gasteiger partial charge in [-0.05, 0) is 50.8 Å². The van der Waals surface area contributed by atoms with E-state index in [1.54, 1.807) is 0 Å². The first-order chi connectivity index (χ1) is 10.5. The Morgan fingerprint density at radius 3 is 1.45 bits per heavy atom. The Morgan fingerprint density at radius 1 is 0.727 bits per heavy atom. The van der Waals surface area contributed by atoms with Crippen molar-refractivity contribution >= 4 is 17.8 Å². The van der Waals surface area contributed by atoms with Crippen molar-refractivity contribution < 1.29 is 14.5 Å². The number of ether oxygens (including phenoxy) is 2.